The number of dihydropyridines is 1. The molecule has 1 atom stereocenters. The van der Waals surface area contributed by atoms with Crippen molar-refractivity contribution in [1.82, 2.24) is 21.0 Å². The highest BCUT2D eigenvalue weighted by Crippen LogP contribution is 2.24. The second-order valence-corrected chi connectivity index (χ2v) is 6.54. The van der Waals surface area contributed by atoms with Gasteiger partial charge in [0.1, 0.15) is 11.9 Å². The highest BCUT2D eigenvalue weighted by molar-refractivity contribution is 6.35. The standard InChI is InChI=1S/C19H18ClN5O/c1-12-10-13(8-9-21-12)23-19(26)17-11-22-18-7-6-16(24-25(17)18)14-4-2-3-5-15(14)20/h2-8,10-11,18,21-22H,9H2,1H3,(H,23,26). The molecule has 3 aliphatic rings. The average Bonchev–Trinajstić information content (AvgIpc) is 3.05. The van der Waals surface area contributed by atoms with Crippen LogP contribution in [0, 0.1) is 0 Å². The Morgan fingerprint density at radius 2 is 2.23 bits per heavy atom. The fourth-order valence-electron chi connectivity index (χ4n) is 2.97. The Balaban J connectivity index is 1.56. The van der Waals surface area contributed by atoms with Gasteiger partial charge in [0.2, 0.25) is 0 Å². The molecule has 4 rings (SSSR count). The topological polar surface area (TPSA) is 68.8 Å². The van der Waals surface area contributed by atoms with Gasteiger partial charge in [0.05, 0.1) is 10.7 Å². The zero-order valence-corrected chi connectivity index (χ0v) is 14.9. The maximum Gasteiger partial charge on any atom is 0.275 e. The van der Waals surface area contributed by atoms with Gasteiger partial charge in [-0.05, 0) is 37.3 Å². The van der Waals surface area contributed by atoms with Gasteiger partial charge >= 0.3 is 0 Å². The van der Waals surface area contributed by atoms with E-state index in [0.29, 0.717) is 23.0 Å². The number of hydrogen-bond acceptors (Lipinski definition) is 5. The van der Waals surface area contributed by atoms with Gasteiger partial charge in [-0.1, -0.05) is 29.8 Å². The molecule has 3 aliphatic heterocycles. The molecule has 26 heavy (non-hydrogen) atoms. The van der Waals surface area contributed by atoms with Crippen LogP contribution in [-0.4, -0.2) is 29.3 Å². The summed E-state index contributed by atoms with van der Waals surface area (Å²) < 4.78 is 0. The van der Waals surface area contributed by atoms with Crippen molar-refractivity contribution in [2.75, 3.05) is 6.54 Å². The van der Waals surface area contributed by atoms with Crippen molar-refractivity contribution in [3.05, 3.63) is 82.4 Å². The van der Waals surface area contributed by atoms with Gasteiger partial charge in [0, 0.05) is 29.7 Å². The lowest BCUT2D eigenvalue weighted by Gasteiger charge is -2.26. The number of nitrogens with one attached hydrogen (secondary N) is 3. The predicted octanol–water partition coefficient (Wildman–Crippen LogP) is 2.19. The zero-order valence-electron chi connectivity index (χ0n) is 14.2. The summed E-state index contributed by atoms with van der Waals surface area (Å²) in [6.07, 6.45) is 9.20. The van der Waals surface area contributed by atoms with Crippen LogP contribution in [0.4, 0.5) is 0 Å². The summed E-state index contributed by atoms with van der Waals surface area (Å²) >= 11 is 6.28. The van der Waals surface area contributed by atoms with E-state index in [-0.39, 0.29) is 12.1 Å². The number of carbonyl (C=O) groups excluding carboxylic acids is 1. The van der Waals surface area contributed by atoms with Gasteiger partial charge in [-0.25, -0.2) is 5.01 Å². The second-order valence-electron chi connectivity index (χ2n) is 6.13. The van der Waals surface area contributed by atoms with E-state index in [1.807, 2.05) is 55.5 Å². The first-order valence-corrected chi connectivity index (χ1v) is 8.70. The Hall–Kier alpha value is -2.99. The van der Waals surface area contributed by atoms with Crippen LogP contribution in [0.1, 0.15) is 12.5 Å². The molecule has 0 aromatic heterocycles. The summed E-state index contributed by atoms with van der Waals surface area (Å²) in [4.78, 5) is 12.7. The van der Waals surface area contributed by atoms with Crippen LogP contribution in [0.3, 0.4) is 0 Å². The summed E-state index contributed by atoms with van der Waals surface area (Å²) in [6.45, 7) is 2.65. The maximum atomic E-state index is 12.7. The first kappa shape index (κ1) is 16.5. The summed E-state index contributed by atoms with van der Waals surface area (Å²) in [5.41, 5.74) is 3.79. The Labute approximate surface area is 156 Å². The molecule has 0 saturated carbocycles. The third kappa shape index (κ3) is 3.11. The Morgan fingerprint density at radius 3 is 3.04 bits per heavy atom. The molecule has 1 aromatic rings. The number of hydrogen-bond donors (Lipinski definition) is 3. The molecule has 3 N–H and O–H groups in total. The van der Waals surface area contributed by atoms with E-state index in [1.165, 1.54) is 0 Å². The number of nitrogens with zero attached hydrogens (tertiary/aromatic N) is 2. The summed E-state index contributed by atoms with van der Waals surface area (Å²) in [5, 5.41) is 16.2. The van der Waals surface area contributed by atoms with Crippen molar-refractivity contribution >= 4 is 23.2 Å². The van der Waals surface area contributed by atoms with Gasteiger partial charge < -0.3 is 16.0 Å². The van der Waals surface area contributed by atoms with Crippen LogP contribution in [0.2, 0.25) is 5.02 Å². The highest BCUT2D eigenvalue weighted by Gasteiger charge is 2.31. The molecular weight excluding hydrogens is 350 g/mol. The number of benzene rings is 1. The molecule has 0 fully saturated rings. The average molecular weight is 368 g/mol. The number of halogens is 1. The molecule has 0 radical (unpaired) electrons. The van der Waals surface area contributed by atoms with Crippen molar-refractivity contribution < 1.29 is 4.79 Å². The number of amides is 1. The third-order valence-corrected chi connectivity index (χ3v) is 4.60. The number of fused-ring (bicyclic) bond motifs is 1. The van der Waals surface area contributed by atoms with Gasteiger partial charge in [-0.15, -0.1) is 0 Å². The molecule has 1 unspecified atom stereocenters. The molecule has 1 aromatic carbocycles. The fraction of sp³-hybridized carbons (Fsp3) is 0.158. The Kier molecular flexibility index (Phi) is 4.26. The number of carbonyl (C=O) groups is 1. The normalized spacial score (nSPS) is 20.8. The predicted molar refractivity (Wildman–Crippen MR) is 102 cm³/mol. The molecule has 6 nitrogen and oxygen atoms in total. The molecule has 0 spiro atoms. The fourth-order valence-corrected chi connectivity index (χ4v) is 3.20. The minimum atomic E-state index is -0.213. The van der Waals surface area contributed by atoms with E-state index in [0.717, 1.165) is 17.0 Å². The van der Waals surface area contributed by atoms with E-state index in [4.69, 9.17) is 11.6 Å². The lowest BCUT2D eigenvalue weighted by molar-refractivity contribution is -0.118. The van der Waals surface area contributed by atoms with E-state index < -0.39 is 0 Å². The smallest absolute Gasteiger partial charge is 0.275 e. The molecular formula is C19H18ClN5O. The van der Waals surface area contributed by atoms with Crippen molar-refractivity contribution in [3.63, 3.8) is 0 Å². The molecule has 1 amide bonds. The van der Waals surface area contributed by atoms with Crippen molar-refractivity contribution in [1.29, 1.82) is 0 Å². The molecule has 0 bridgehead atoms. The van der Waals surface area contributed by atoms with Gasteiger partial charge in [0.25, 0.3) is 5.91 Å². The van der Waals surface area contributed by atoms with E-state index in [2.05, 4.69) is 21.1 Å². The van der Waals surface area contributed by atoms with Crippen LogP contribution in [0.15, 0.2) is 77.0 Å². The molecule has 3 heterocycles. The Morgan fingerprint density at radius 1 is 1.38 bits per heavy atom. The summed E-state index contributed by atoms with van der Waals surface area (Å²) in [7, 11) is 0. The largest absolute Gasteiger partial charge is 0.385 e. The van der Waals surface area contributed by atoms with Crippen LogP contribution >= 0.6 is 11.6 Å². The summed E-state index contributed by atoms with van der Waals surface area (Å²) in [5.74, 6) is -0.213. The Bertz CT molecular complexity index is 912. The molecule has 7 heteroatoms. The third-order valence-electron chi connectivity index (χ3n) is 4.27. The minimum Gasteiger partial charge on any atom is -0.385 e. The first-order chi connectivity index (χ1) is 12.6. The van der Waals surface area contributed by atoms with Crippen LogP contribution in [0.25, 0.3) is 0 Å². The first-order valence-electron chi connectivity index (χ1n) is 8.33. The molecule has 132 valence electrons. The minimum absolute atomic E-state index is 0.179. The van der Waals surface area contributed by atoms with Crippen LogP contribution in [-0.2, 0) is 4.79 Å². The van der Waals surface area contributed by atoms with Gasteiger partial charge in [-0.2, -0.15) is 5.10 Å². The van der Waals surface area contributed by atoms with Crippen molar-refractivity contribution in [3.8, 4) is 0 Å². The quantitative estimate of drug-likeness (QED) is 0.766. The number of hydrazone groups is 1. The van der Waals surface area contributed by atoms with E-state index >= 15 is 0 Å². The van der Waals surface area contributed by atoms with Crippen LogP contribution < -0.4 is 16.0 Å². The zero-order chi connectivity index (χ0) is 18.1. The molecule has 0 saturated heterocycles. The van der Waals surface area contributed by atoms with E-state index in [9.17, 15) is 4.79 Å². The summed E-state index contributed by atoms with van der Waals surface area (Å²) in [6, 6.07) is 7.52. The SMILES string of the molecule is CC1=CC(NC(=O)C2=CNC3C=CC(c4ccccc4Cl)=NN23)=CCN1. The number of allylic oxidation sites excluding steroid dienone is 3. The lowest BCUT2D eigenvalue weighted by Crippen LogP contribution is -2.39. The highest BCUT2D eigenvalue weighted by atomic mass is 35.5. The second kappa shape index (κ2) is 6.72. The van der Waals surface area contributed by atoms with Gasteiger partial charge in [-0.3, -0.25) is 4.79 Å². The van der Waals surface area contributed by atoms with E-state index in [1.54, 1.807) is 11.2 Å². The van der Waals surface area contributed by atoms with Gasteiger partial charge in [0.15, 0.2) is 0 Å². The van der Waals surface area contributed by atoms with Crippen molar-refractivity contribution in [2.45, 2.75) is 13.1 Å². The monoisotopic (exact) mass is 367 g/mol. The van der Waals surface area contributed by atoms with Crippen molar-refractivity contribution in [2.24, 2.45) is 5.10 Å². The van der Waals surface area contributed by atoms with Crippen LogP contribution in [0.5, 0.6) is 0 Å². The maximum absolute atomic E-state index is 12.7. The lowest BCUT2D eigenvalue weighted by atomic mass is 10.1. The number of rotatable bonds is 3. The molecule has 0 aliphatic carbocycles.